The van der Waals surface area contributed by atoms with Crippen LogP contribution in [-0.4, -0.2) is 61.0 Å². The second-order valence-electron chi connectivity index (χ2n) is 5.32. The van der Waals surface area contributed by atoms with Crippen molar-refractivity contribution in [3.63, 3.8) is 0 Å². The monoisotopic (exact) mass is 284 g/mol. The zero-order valence-electron chi connectivity index (χ0n) is 12.9. The fraction of sp³-hybridized carbons (Fsp3) is 0.867. The summed E-state index contributed by atoms with van der Waals surface area (Å²) in [4.78, 5) is 26.9. The summed E-state index contributed by atoms with van der Waals surface area (Å²) in [7, 11) is 0. The fourth-order valence-electron chi connectivity index (χ4n) is 2.52. The molecule has 0 N–H and O–H groups in total. The fourth-order valence-corrected chi connectivity index (χ4v) is 2.52. The van der Waals surface area contributed by atoms with Gasteiger partial charge in [-0.3, -0.25) is 9.59 Å². The Balaban J connectivity index is 2.07. The van der Waals surface area contributed by atoms with E-state index in [4.69, 9.17) is 4.74 Å². The molecule has 0 radical (unpaired) electrons. The van der Waals surface area contributed by atoms with Crippen molar-refractivity contribution in [2.75, 3.05) is 39.3 Å². The molecule has 1 heterocycles. The largest absolute Gasteiger partial charge is 0.466 e. The lowest BCUT2D eigenvalue weighted by molar-refractivity contribution is -0.143. The zero-order chi connectivity index (χ0) is 14.8. The molecule has 0 aromatic rings. The highest BCUT2D eigenvalue weighted by Crippen LogP contribution is 2.07. The molecule has 1 aliphatic rings. The van der Waals surface area contributed by atoms with E-state index in [-0.39, 0.29) is 11.9 Å². The second-order valence-corrected chi connectivity index (χ2v) is 5.32. The van der Waals surface area contributed by atoms with Crippen LogP contribution >= 0.6 is 0 Å². The average molecular weight is 284 g/mol. The Labute approximate surface area is 122 Å². The average Bonchev–Trinajstić information content (AvgIpc) is 2.64. The van der Waals surface area contributed by atoms with E-state index in [1.165, 1.54) is 0 Å². The molecule has 1 aliphatic heterocycles. The summed E-state index contributed by atoms with van der Waals surface area (Å²) >= 11 is 0. The van der Waals surface area contributed by atoms with Crippen molar-refractivity contribution in [3.8, 4) is 0 Å². The minimum absolute atomic E-state index is 0.0839. The second kappa shape index (κ2) is 9.75. The maximum absolute atomic E-state index is 11.3. The number of hydrogen-bond donors (Lipinski definition) is 0. The summed E-state index contributed by atoms with van der Waals surface area (Å²) in [6, 6.07) is 0. The number of amides is 1. The Morgan fingerprint density at radius 3 is 2.55 bits per heavy atom. The molecule has 0 aromatic heterocycles. The van der Waals surface area contributed by atoms with E-state index in [9.17, 15) is 9.59 Å². The van der Waals surface area contributed by atoms with E-state index in [1.807, 2.05) is 11.8 Å². The van der Waals surface area contributed by atoms with Crippen molar-refractivity contribution in [2.24, 2.45) is 0 Å². The number of carbonyl (C=O) groups excluding carboxylic acids is 2. The molecule has 0 unspecified atom stereocenters. The molecule has 1 saturated heterocycles. The molecule has 1 fully saturated rings. The van der Waals surface area contributed by atoms with Gasteiger partial charge in [0.2, 0.25) is 5.91 Å². The first-order chi connectivity index (χ1) is 9.63. The quantitative estimate of drug-likeness (QED) is 0.527. The van der Waals surface area contributed by atoms with E-state index in [0.717, 1.165) is 58.4 Å². The van der Waals surface area contributed by atoms with Crippen molar-refractivity contribution in [3.05, 3.63) is 0 Å². The van der Waals surface area contributed by atoms with Crippen LogP contribution in [0.25, 0.3) is 0 Å². The molecular formula is C15H28N2O3. The molecule has 1 amide bonds. The Morgan fingerprint density at radius 2 is 1.85 bits per heavy atom. The minimum Gasteiger partial charge on any atom is -0.466 e. The van der Waals surface area contributed by atoms with Crippen molar-refractivity contribution in [1.82, 2.24) is 9.80 Å². The highest BCUT2D eigenvalue weighted by molar-refractivity contribution is 5.73. The van der Waals surface area contributed by atoms with Gasteiger partial charge in [0.25, 0.3) is 0 Å². The molecule has 1 rings (SSSR count). The standard InChI is InChI=1S/C15H28N2O3/c1-3-20-15(19)8-5-4-6-9-16-10-7-11-17(13-12-16)14(2)18/h3-13H2,1-2H3. The third kappa shape index (κ3) is 6.89. The van der Waals surface area contributed by atoms with Crippen molar-refractivity contribution in [2.45, 2.75) is 46.0 Å². The molecule has 5 heteroatoms. The van der Waals surface area contributed by atoms with Crippen LogP contribution in [-0.2, 0) is 14.3 Å². The zero-order valence-corrected chi connectivity index (χ0v) is 12.9. The van der Waals surface area contributed by atoms with Crippen LogP contribution in [0.5, 0.6) is 0 Å². The van der Waals surface area contributed by atoms with E-state index >= 15 is 0 Å². The van der Waals surface area contributed by atoms with Crippen molar-refractivity contribution in [1.29, 1.82) is 0 Å². The molecule has 0 aliphatic carbocycles. The molecule has 20 heavy (non-hydrogen) atoms. The number of nitrogens with zero attached hydrogens (tertiary/aromatic N) is 2. The summed E-state index contributed by atoms with van der Waals surface area (Å²) in [6.07, 6.45) is 4.67. The summed E-state index contributed by atoms with van der Waals surface area (Å²) in [6.45, 7) is 8.78. The van der Waals surface area contributed by atoms with Gasteiger partial charge >= 0.3 is 5.97 Å². The molecule has 0 spiro atoms. The van der Waals surface area contributed by atoms with Gasteiger partial charge in [-0.25, -0.2) is 0 Å². The van der Waals surface area contributed by atoms with Crippen molar-refractivity contribution < 1.29 is 14.3 Å². The third-order valence-electron chi connectivity index (χ3n) is 3.69. The van der Waals surface area contributed by atoms with Crippen LogP contribution in [0.2, 0.25) is 0 Å². The number of unbranched alkanes of at least 4 members (excludes halogenated alkanes) is 2. The summed E-state index contributed by atoms with van der Waals surface area (Å²) < 4.78 is 4.90. The summed E-state index contributed by atoms with van der Waals surface area (Å²) in [5.74, 6) is 0.0978. The van der Waals surface area contributed by atoms with Gasteiger partial charge in [-0.05, 0) is 39.3 Å². The first kappa shape index (κ1) is 17.0. The van der Waals surface area contributed by atoms with Crippen LogP contribution in [0.4, 0.5) is 0 Å². The lowest BCUT2D eigenvalue weighted by Gasteiger charge is -2.20. The SMILES string of the molecule is CCOC(=O)CCCCCN1CCCN(C(C)=O)CC1. The maximum Gasteiger partial charge on any atom is 0.305 e. The van der Waals surface area contributed by atoms with Crippen molar-refractivity contribution >= 4 is 11.9 Å². The highest BCUT2D eigenvalue weighted by atomic mass is 16.5. The molecule has 5 nitrogen and oxygen atoms in total. The minimum atomic E-state index is -0.0839. The maximum atomic E-state index is 11.3. The van der Waals surface area contributed by atoms with E-state index in [1.54, 1.807) is 6.92 Å². The van der Waals surface area contributed by atoms with Gasteiger partial charge in [0.1, 0.15) is 0 Å². The first-order valence-corrected chi connectivity index (χ1v) is 7.77. The highest BCUT2D eigenvalue weighted by Gasteiger charge is 2.15. The third-order valence-corrected chi connectivity index (χ3v) is 3.69. The summed E-state index contributed by atoms with van der Waals surface area (Å²) in [5, 5.41) is 0. The Morgan fingerprint density at radius 1 is 1.05 bits per heavy atom. The van der Waals surface area contributed by atoms with Gasteiger partial charge in [0.15, 0.2) is 0 Å². The van der Waals surface area contributed by atoms with Gasteiger partial charge in [0, 0.05) is 33.0 Å². The summed E-state index contributed by atoms with van der Waals surface area (Å²) in [5.41, 5.74) is 0. The van der Waals surface area contributed by atoms with Gasteiger partial charge < -0.3 is 14.5 Å². The van der Waals surface area contributed by atoms with Gasteiger partial charge in [0.05, 0.1) is 6.61 Å². The normalized spacial score (nSPS) is 16.8. The molecule has 0 saturated carbocycles. The number of esters is 1. The first-order valence-electron chi connectivity index (χ1n) is 7.77. The molecule has 0 bridgehead atoms. The van der Waals surface area contributed by atoms with E-state index < -0.39 is 0 Å². The predicted octanol–water partition coefficient (Wildman–Crippen LogP) is 1.66. The lowest BCUT2D eigenvalue weighted by atomic mass is 10.2. The molecule has 0 aromatic carbocycles. The van der Waals surface area contributed by atoms with E-state index in [0.29, 0.717) is 13.0 Å². The number of carbonyl (C=O) groups is 2. The topological polar surface area (TPSA) is 49.9 Å². The number of ether oxygens (including phenoxy) is 1. The van der Waals surface area contributed by atoms with Crippen LogP contribution < -0.4 is 0 Å². The Kier molecular flexibility index (Phi) is 8.26. The number of rotatable bonds is 7. The lowest BCUT2D eigenvalue weighted by Crippen LogP contribution is -2.33. The van der Waals surface area contributed by atoms with Crippen LogP contribution in [0, 0.1) is 0 Å². The van der Waals surface area contributed by atoms with Gasteiger partial charge in [-0.2, -0.15) is 0 Å². The smallest absolute Gasteiger partial charge is 0.305 e. The van der Waals surface area contributed by atoms with Crippen LogP contribution in [0.15, 0.2) is 0 Å². The predicted molar refractivity (Wildman–Crippen MR) is 78.4 cm³/mol. The van der Waals surface area contributed by atoms with Gasteiger partial charge in [-0.15, -0.1) is 0 Å². The van der Waals surface area contributed by atoms with Crippen LogP contribution in [0.1, 0.15) is 46.0 Å². The molecule has 116 valence electrons. The van der Waals surface area contributed by atoms with E-state index in [2.05, 4.69) is 4.90 Å². The number of hydrogen-bond acceptors (Lipinski definition) is 4. The Bertz CT molecular complexity index is 307. The molecular weight excluding hydrogens is 256 g/mol. The Hall–Kier alpha value is -1.10. The molecule has 0 atom stereocenters. The van der Waals surface area contributed by atoms with Crippen LogP contribution in [0.3, 0.4) is 0 Å². The van der Waals surface area contributed by atoms with Gasteiger partial charge in [-0.1, -0.05) is 6.42 Å².